The number of fused-ring (bicyclic) bond motifs is 2. The highest BCUT2D eigenvalue weighted by molar-refractivity contribution is 5.54. The Morgan fingerprint density at radius 3 is 2.32 bits per heavy atom. The van der Waals surface area contributed by atoms with Crippen molar-refractivity contribution in [3.05, 3.63) is 64.7 Å². The van der Waals surface area contributed by atoms with Crippen molar-refractivity contribution in [2.75, 3.05) is 27.4 Å². The normalized spacial score (nSPS) is 20.0. The third-order valence-electron chi connectivity index (χ3n) is 5.37. The van der Waals surface area contributed by atoms with Gasteiger partial charge in [0.1, 0.15) is 6.04 Å². The number of likely N-dealkylation sites (N-methyl/N-ethyl adjacent to an activating group) is 1. The molecule has 2 aromatic rings. The Morgan fingerprint density at radius 2 is 1.68 bits per heavy atom. The van der Waals surface area contributed by atoms with Crippen LogP contribution in [0.1, 0.15) is 28.3 Å². The highest BCUT2D eigenvalue weighted by atomic mass is 127. The lowest BCUT2D eigenvalue weighted by atomic mass is 9.90. The molecule has 28 heavy (non-hydrogen) atoms. The zero-order valence-corrected chi connectivity index (χ0v) is 17.8. The van der Waals surface area contributed by atoms with Crippen molar-refractivity contribution < 1.29 is 51.1 Å². The van der Waals surface area contributed by atoms with E-state index in [0.717, 1.165) is 46.6 Å². The average molecular weight is 503 g/mol. The van der Waals surface area contributed by atoms with Crippen LogP contribution in [0.4, 0.5) is 13.2 Å². The Labute approximate surface area is 179 Å². The van der Waals surface area contributed by atoms with E-state index in [9.17, 15) is 13.2 Å². The molecule has 0 fully saturated rings. The first-order valence-electron chi connectivity index (χ1n) is 8.85. The third-order valence-corrected chi connectivity index (χ3v) is 5.37. The van der Waals surface area contributed by atoms with Crippen LogP contribution in [0, 0.1) is 0 Å². The third kappa shape index (κ3) is 4.00. The van der Waals surface area contributed by atoms with Gasteiger partial charge in [-0.05, 0) is 41.5 Å². The summed E-state index contributed by atoms with van der Waals surface area (Å²) in [6, 6.07) is 9.42. The van der Waals surface area contributed by atoms with Crippen molar-refractivity contribution in [2.24, 2.45) is 0 Å². The van der Waals surface area contributed by atoms with Gasteiger partial charge >= 0.3 is 6.18 Å². The molecule has 0 radical (unpaired) electrons. The van der Waals surface area contributed by atoms with Gasteiger partial charge in [0, 0.05) is 12.0 Å². The van der Waals surface area contributed by atoms with E-state index in [2.05, 4.69) is 26.2 Å². The van der Waals surface area contributed by atoms with Crippen LogP contribution in [-0.2, 0) is 12.6 Å². The van der Waals surface area contributed by atoms with E-state index in [-0.39, 0.29) is 36.8 Å². The molecule has 0 aromatic heterocycles. The van der Waals surface area contributed by atoms with E-state index in [1.54, 1.807) is 0 Å². The maximum Gasteiger partial charge on any atom is 0.416 e. The number of nitrogens with zero attached hydrogens (tertiary/aromatic N) is 1. The van der Waals surface area contributed by atoms with Crippen molar-refractivity contribution in [3.63, 3.8) is 0 Å². The van der Waals surface area contributed by atoms with Gasteiger partial charge in [-0.3, -0.25) is 0 Å². The minimum atomic E-state index is -4.31. The quantitative estimate of drug-likeness (QED) is 0.460. The number of rotatable bonds is 2. The van der Waals surface area contributed by atoms with Gasteiger partial charge in [-0.15, -0.1) is 0 Å². The molecule has 1 unspecified atom stereocenters. The molecule has 0 spiro atoms. The van der Waals surface area contributed by atoms with Crippen molar-refractivity contribution in [2.45, 2.75) is 18.6 Å². The summed E-state index contributed by atoms with van der Waals surface area (Å²) < 4.78 is 50.0. The van der Waals surface area contributed by atoms with E-state index >= 15 is 0 Å². The van der Waals surface area contributed by atoms with Gasteiger partial charge in [0.25, 0.3) is 0 Å². The maximum absolute atomic E-state index is 12.7. The Bertz CT molecular complexity index is 892. The van der Waals surface area contributed by atoms with Gasteiger partial charge in [0.15, 0.2) is 11.5 Å². The number of quaternary nitrogens is 1. The predicted octanol–water partition coefficient (Wildman–Crippen LogP) is 1.83. The minimum Gasteiger partial charge on any atom is -1.00 e. The molecule has 0 aliphatic carbocycles. The molecular weight excluding hydrogens is 482 g/mol. The number of benzene rings is 2. The molecule has 0 saturated heterocycles. The number of hydrogen-bond donors (Lipinski definition) is 0. The summed E-state index contributed by atoms with van der Waals surface area (Å²) in [6.07, 6.45) is 0.600. The van der Waals surface area contributed by atoms with Gasteiger partial charge in [0.2, 0.25) is 6.79 Å². The average Bonchev–Trinajstić information content (AvgIpc) is 3.06. The number of halogens is 4. The Hall–Kier alpha value is -1.74. The Balaban J connectivity index is 0.00000225. The molecule has 2 aliphatic rings. The van der Waals surface area contributed by atoms with E-state index in [0.29, 0.717) is 0 Å². The smallest absolute Gasteiger partial charge is 0.416 e. The fraction of sp³-hybridized carbons (Fsp3) is 0.333. The predicted molar refractivity (Wildman–Crippen MR) is 96.5 cm³/mol. The van der Waals surface area contributed by atoms with Crippen LogP contribution in [0.25, 0.3) is 6.08 Å². The van der Waals surface area contributed by atoms with Crippen LogP contribution >= 0.6 is 0 Å². The summed E-state index contributed by atoms with van der Waals surface area (Å²) in [4.78, 5) is 0. The zero-order chi connectivity index (χ0) is 19.2. The molecule has 0 N–H and O–H groups in total. The van der Waals surface area contributed by atoms with Crippen LogP contribution in [0.15, 0.2) is 42.5 Å². The van der Waals surface area contributed by atoms with Crippen LogP contribution in [0.2, 0.25) is 0 Å². The number of alkyl halides is 3. The monoisotopic (exact) mass is 503 g/mol. The van der Waals surface area contributed by atoms with Gasteiger partial charge < -0.3 is 37.9 Å². The fourth-order valence-corrected chi connectivity index (χ4v) is 3.74. The van der Waals surface area contributed by atoms with E-state index in [1.807, 2.05) is 12.1 Å². The van der Waals surface area contributed by atoms with Crippen LogP contribution < -0.4 is 33.5 Å². The van der Waals surface area contributed by atoms with E-state index in [1.165, 1.54) is 23.3 Å². The highest BCUT2D eigenvalue weighted by Crippen LogP contribution is 2.42. The van der Waals surface area contributed by atoms with Gasteiger partial charge in [-0.25, -0.2) is 0 Å². The molecule has 7 heteroatoms. The standard InChI is InChI=1S/C21H21F3NO2.HI/c1-25(2)10-9-15-11-19-20(27-13-26-19)12-17(15)18(25)8-5-14-3-6-16(7-4-14)21(22,23)24;/h3-8,11-12,18H,9-10,13H2,1-2H3;1H/q+1;/p-1. The van der Waals surface area contributed by atoms with Crippen molar-refractivity contribution >= 4 is 6.08 Å². The summed E-state index contributed by atoms with van der Waals surface area (Å²) >= 11 is 0. The summed E-state index contributed by atoms with van der Waals surface area (Å²) in [5, 5.41) is 0. The van der Waals surface area contributed by atoms with Crippen molar-refractivity contribution in [1.82, 2.24) is 0 Å². The Kier molecular flexibility index (Phi) is 5.69. The molecule has 4 rings (SSSR count). The first-order chi connectivity index (χ1) is 12.7. The molecule has 2 aromatic carbocycles. The van der Waals surface area contributed by atoms with Crippen molar-refractivity contribution in [3.8, 4) is 11.5 Å². The summed E-state index contributed by atoms with van der Waals surface area (Å²) in [5.41, 5.74) is 2.53. The number of ether oxygens (including phenoxy) is 2. The van der Waals surface area contributed by atoms with Gasteiger partial charge in [0.05, 0.1) is 26.2 Å². The lowest BCUT2D eigenvalue weighted by Gasteiger charge is -2.41. The second kappa shape index (κ2) is 7.59. The Morgan fingerprint density at radius 1 is 1.04 bits per heavy atom. The first kappa shape index (κ1) is 21.0. The van der Waals surface area contributed by atoms with E-state index in [4.69, 9.17) is 9.47 Å². The fourth-order valence-electron chi connectivity index (χ4n) is 3.74. The molecule has 2 aliphatic heterocycles. The number of hydrogen-bond acceptors (Lipinski definition) is 2. The lowest BCUT2D eigenvalue weighted by Crippen LogP contribution is -3.00. The van der Waals surface area contributed by atoms with Gasteiger partial charge in [-0.2, -0.15) is 13.2 Å². The molecule has 1 atom stereocenters. The topological polar surface area (TPSA) is 18.5 Å². The van der Waals surface area contributed by atoms with Crippen molar-refractivity contribution in [1.29, 1.82) is 0 Å². The first-order valence-corrected chi connectivity index (χ1v) is 8.85. The lowest BCUT2D eigenvalue weighted by molar-refractivity contribution is -0.916. The molecule has 0 saturated carbocycles. The SMILES string of the molecule is C[N+]1(C)CCc2cc3c(cc2C1C=Cc1ccc(C(F)(F)F)cc1)OCO3.[I-]. The maximum atomic E-state index is 12.7. The summed E-state index contributed by atoms with van der Waals surface area (Å²) in [6.45, 7) is 1.21. The van der Waals surface area contributed by atoms with E-state index < -0.39 is 11.7 Å². The van der Waals surface area contributed by atoms with Gasteiger partial charge in [-0.1, -0.05) is 18.2 Å². The molecule has 150 valence electrons. The van der Waals surface area contributed by atoms with Crippen LogP contribution in [-0.4, -0.2) is 31.9 Å². The van der Waals surface area contributed by atoms with Crippen LogP contribution in [0.5, 0.6) is 11.5 Å². The molecule has 0 bridgehead atoms. The molecule has 0 amide bonds. The van der Waals surface area contributed by atoms with Crippen LogP contribution in [0.3, 0.4) is 0 Å². The molecule has 3 nitrogen and oxygen atoms in total. The minimum absolute atomic E-state index is 0. The second-order valence-corrected chi connectivity index (χ2v) is 7.58. The summed E-state index contributed by atoms with van der Waals surface area (Å²) in [5.74, 6) is 1.54. The largest absolute Gasteiger partial charge is 1.00 e. The highest BCUT2D eigenvalue weighted by Gasteiger charge is 2.36. The molecular formula is C21H21F3INO2. The second-order valence-electron chi connectivity index (χ2n) is 7.58. The summed E-state index contributed by atoms with van der Waals surface area (Å²) in [7, 11) is 4.32. The molecule has 2 heterocycles. The zero-order valence-electron chi connectivity index (χ0n) is 15.6.